The van der Waals surface area contributed by atoms with Gasteiger partial charge in [0.15, 0.2) is 0 Å². The highest BCUT2D eigenvalue weighted by Gasteiger charge is 2.07. The number of rotatable bonds is 3. The zero-order valence-electron chi connectivity index (χ0n) is 8.67. The van der Waals surface area contributed by atoms with Crippen molar-refractivity contribution in [3.8, 4) is 6.07 Å². The fraction of sp³-hybridized carbons (Fsp3) is 0.167. The minimum Gasteiger partial charge on any atom is -0.390 e. The molecule has 1 heterocycles. The number of hydrogen-bond acceptors (Lipinski definition) is 3. The third-order valence-corrected chi connectivity index (χ3v) is 2.30. The number of aliphatic hydroxyl groups is 1. The number of hydrogen-bond donors (Lipinski definition) is 1. The molecule has 1 N–H and O–H groups in total. The molecule has 0 amide bonds. The van der Waals surface area contributed by atoms with Crippen LogP contribution < -0.4 is 0 Å². The van der Waals surface area contributed by atoms with Crippen molar-refractivity contribution in [2.75, 3.05) is 0 Å². The van der Waals surface area contributed by atoms with Gasteiger partial charge in [-0.2, -0.15) is 10.4 Å². The van der Waals surface area contributed by atoms with Crippen molar-refractivity contribution in [2.24, 2.45) is 0 Å². The molecule has 0 aliphatic carbocycles. The molecule has 80 valence electrons. The molecule has 0 saturated heterocycles. The van der Waals surface area contributed by atoms with Gasteiger partial charge in [0.1, 0.15) is 11.8 Å². The Morgan fingerprint density at radius 3 is 2.62 bits per heavy atom. The summed E-state index contributed by atoms with van der Waals surface area (Å²) < 4.78 is 1.67. The standard InChI is InChI=1S/C12H11N3O/c13-6-11-8-15(14-12(11)9-16)7-10-4-2-1-3-5-10/h1-5,8,16H,7,9H2. The van der Waals surface area contributed by atoms with Gasteiger partial charge in [0.25, 0.3) is 0 Å². The summed E-state index contributed by atoms with van der Waals surface area (Å²) in [6.07, 6.45) is 1.65. The second kappa shape index (κ2) is 4.60. The fourth-order valence-electron chi connectivity index (χ4n) is 1.52. The lowest BCUT2D eigenvalue weighted by Gasteiger charge is -2.00. The van der Waals surface area contributed by atoms with Crippen LogP contribution in [0.2, 0.25) is 0 Å². The lowest BCUT2D eigenvalue weighted by molar-refractivity contribution is 0.275. The first-order valence-corrected chi connectivity index (χ1v) is 4.94. The molecule has 0 unspecified atom stereocenters. The summed E-state index contributed by atoms with van der Waals surface area (Å²) in [6, 6.07) is 11.9. The molecule has 2 rings (SSSR count). The van der Waals surface area contributed by atoms with Crippen LogP contribution in [-0.2, 0) is 13.2 Å². The van der Waals surface area contributed by atoms with Gasteiger partial charge in [-0.3, -0.25) is 4.68 Å². The molecule has 0 bridgehead atoms. The van der Waals surface area contributed by atoms with Gasteiger partial charge in [-0.25, -0.2) is 0 Å². The van der Waals surface area contributed by atoms with Crippen molar-refractivity contribution < 1.29 is 5.11 Å². The van der Waals surface area contributed by atoms with Crippen LogP contribution in [0.25, 0.3) is 0 Å². The highest BCUT2D eigenvalue weighted by Crippen LogP contribution is 2.08. The van der Waals surface area contributed by atoms with E-state index in [1.165, 1.54) is 0 Å². The van der Waals surface area contributed by atoms with Gasteiger partial charge in [-0.15, -0.1) is 0 Å². The van der Waals surface area contributed by atoms with Crippen LogP contribution in [0.3, 0.4) is 0 Å². The van der Waals surface area contributed by atoms with Crippen LogP contribution in [0.15, 0.2) is 36.5 Å². The average molecular weight is 213 g/mol. The fourth-order valence-corrected chi connectivity index (χ4v) is 1.52. The Hall–Kier alpha value is -2.12. The third kappa shape index (κ3) is 2.10. The lowest BCUT2D eigenvalue weighted by atomic mass is 10.2. The van der Waals surface area contributed by atoms with Gasteiger partial charge in [-0.05, 0) is 5.56 Å². The first kappa shape index (κ1) is 10.4. The topological polar surface area (TPSA) is 61.8 Å². The maximum Gasteiger partial charge on any atom is 0.106 e. The summed E-state index contributed by atoms with van der Waals surface area (Å²) in [5.41, 5.74) is 1.97. The smallest absolute Gasteiger partial charge is 0.106 e. The van der Waals surface area contributed by atoms with Crippen LogP contribution >= 0.6 is 0 Å². The molecule has 4 nitrogen and oxygen atoms in total. The van der Waals surface area contributed by atoms with Gasteiger partial charge < -0.3 is 5.11 Å². The van der Waals surface area contributed by atoms with Crippen molar-refractivity contribution in [3.05, 3.63) is 53.3 Å². The highest BCUT2D eigenvalue weighted by atomic mass is 16.3. The largest absolute Gasteiger partial charge is 0.390 e. The molecule has 4 heteroatoms. The summed E-state index contributed by atoms with van der Waals surface area (Å²) in [7, 11) is 0. The molecule has 0 radical (unpaired) electrons. The first-order valence-electron chi connectivity index (χ1n) is 4.94. The summed E-state index contributed by atoms with van der Waals surface area (Å²) in [4.78, 5) is 0. The Bertz CT molecular complexity index is 511. The van der Waals surface area contributed by atoms with E-state index >= 15 is 0 Å². The second-order valence-electron chi connectivity index (χ2n) is 3.44. The summed E-state index contributed by atoms with van der Waals surface area (Å²) in [5.74, 6) is 0. The van der Waals surface area contributed by atoms with E-state index in [4.69, 9.17) is 10.4 Å². The predicted molar refractivity (Wildman–Crippen MR) is 58.4 cm³/mol. The summed E-state index contributed by atoms with van der Waals surface area (Å²) in [5, 5.41) is 22.0. The SMILES string of the molecule is N#Cc1cn(Cc2ccccc2)nc1CO. The van der Waals surface area contributed by atoms with Crippen molar-refractivity contribution in [1.82, 2.24) is 9.78 Å². The van der Waals surface area contributed by atoms with E-state index in [-0.39, 0.29) is 6.61 Å². The van der Waals surface area contributed by atoms with Crippen molar-refractivity contribution in [1.29, 1.82) is 5.26 Å². The molecule has 2 aromatic rings. The Balaban J connectivity index is 2.23. The molecular formula is C12H11N3O. The third-order valence-electron chi connectivity index (χ3n) is 2.30. The normalized spacial score (nSPS) is 10.0. The van der Waals surface area contributed by atoms with E-state index in [2.05, 4.69) is 5.10 Å². The molecule has 0 spiro atoms. The van der Waals surface area contributed by atoms with Crippen LogP contribution in [0.1, 0.15) is 16.8 Å². The number of nitriles is 1. The molecule has 0 aliphatic rings. The average Bonchev–Trinajstić information content (AvgIpc) is 2.72. The number of aliphatic hydroxyl groups excluding tert-OH is 1. The maximum absolute atomic E-state index is 9.00. The molecule has 16 heavy (non-hydrogen) atoms. The van der Waals surface area contributed by atoms with Crippen molar-refractivity contribution >= 4 is 0 Å². The summed E-state index contributed by atoms with van der Waals surface area (Å²) >= 11 is 0. The van der Waals surface area contributed by atoms with Gasteiger partial charge in [0.05, 0.1) is 18.7 Å². The van der Waals surface area contributed by atoms with E-state index in [1.54, 1.807) is 10.9 Å². The van der Waals surface area contributed by atoms with Crippen LogP contribution in [0.4, 0.5) is 0 Å². The molecule has 1 aromatic heterocycles. The van der Waals surface area contributed by atoms with Crippen LogP contribution in [-0.4, -0.2) is 14.9 Å². The Kier molecular flexibility index (Phi) is 2.99. The molecule has 0 fully saturated rings. The van der Waals surface area contributed by atoms with Crippen LogP contribution in [0, 0.1) is 11.3 Å². The Labute approximate surface area is 93.4 Å². The van der Waals surface area contributed by atoms with Crippen LogP contribution in [0.5, 0.6) is 0 Å². The Morgan fingerprint density at radius 2 is 2.06 bits per heavy atom. The Morgan fingerprint density at radius 1 is 1.31 bits per heavy atom. The van der Waals surface area contributed by atoms with E-state index in [9.17, 15) is 0 Å². The van der Waals surface area contributed by atoms with E-state index in [0.29, 0.717) is 17.8 Å². The van der Waals surface area contributed by atoms with Gasteiger partial charge in [-0.1, -0.05) is 30.3 Å². The van der Waals surface area contributed by atoms with E-state index < -0.39 is 0 Å². The summed E-state index contributed by atoms with van der Waals surface area (Å²) in [6.45, 7) is 0.403. The zero-order chi connectivity index (χ0) is 11.4. The molecule has 0 atom stereocenters. The van der Waals surface area contributed by atoms with Gasteiger partial charge >= 0.3 is 0 Å². The maximum atomic E-state index is 9.00. The van der Waals surface area contributed by atoms with E-state index in [1.807, 2.05) is 36.4 Å². The predicted octanol–water partition coefficient (Wildman–Crippen LogP) is 1.30. The highest BCUT2D eigenvalue weighted by molar-refractivity contribution is 5.30. The van der Waals surface area contributed by atoms with Crippen molar-refractivity contribution in [3.63, 3.8) is 0 Å². The zero-order valence-corrected chi connectivity index (χ0v) is 8.67. The number of benzene rings is 1. The van der Waals surface area contributed by atoms with E-state index in [0.717, 1.165) is 5.56 Å². The quantitative estimate of drug-likeness (QED) is 0.835. The molecule has 1 aromatic carbocycles. The second-order valence-corrected chi connectivity index (χ2v) is 3.44. The van der Waals surface area contributed by atoms with Gasteiger partial charge in [0, 0.05) is 6.20 Å². The van der Waals surface area contributed by atoms with Crippen molar-refractivity contribution in [2.45, 2.75) is 13.2 Å². The molecular weight excluding hydrogens is 202 g/mol. The number of nitrogens with zero attached hydrogens (tertiary/aromatic N) is 3. The molecule has 0 aliphatic heterocycles. The first-order chi connectivity index (χ1) is 7.83. The monoisotopic (exact) mass is 213 g/mol. The molecule has 0 saturated carbocycles. The minimum absolute atomic E-state index is 0.204. The minimum atomic E-state index is -0.204. The lowest BCUT2D eigenvalue weighted by Crippen LogP contribution is -2.00. The number of aromatic nitrogens is 2. The van der Waals surface area contributed by atoms with Gasteiger partial charge in [0.2, 0.25) is 0 Å².